The summed E-state index contributed by atoms with van der Waals surface area (Å²) in [6.45, 7) is 4.20. The molecule has 20 heavy (non-hydrogen) atoms. The van der Waals surface area contributed by atoms with Crippen molar-refractivity contribution >= 4 is 5.57 Å². The summed E-state index contributed by atoms with van der Waals surface area (Å²) in [6, 6.07) is 16.1. The molecule has 0 heterocycles. The fourth-order valence-electron chi connectivity index (χ4n) is 2.27. The first-order valence-corrected chi connectivity index (χ1v) is 6.47. The molecule has 0 fully saturated rings. The Hall–Kier alpha value is -2.70. The number of allylic oxidation sites excluding steroid dienone is 1. The molecule has 2 aromatic carbocycles. The van der Waals surface area contributed by atoms with E-state index in [0.29, 0.717) is 0 Å². The van der Waals surface area contributed by atoms with Crippen molar-refractivity contribution < 1.29 is 0 Å². The normalized spacial score (nSPS) is 9.40. The Morgan fingerprint density at radius 2 is 1.25 bits per heavy atom. The summed E-state index contributed by atoms with van der Waals surface area (Å²) in [5, 5.41) is 0. The molecule has 0 spiro atoms. The fourth-order valence-corrected chi connectivity index (χ4v) is 2.27. The monoisotopic (exact) mass is 256 g/mol. The lowest BCUT2D eigenvalue weighted by Crippen LogP contribution is -1.92. The van der Waals surface area contributed by atoms with Gasteiger partial charge in [-0.1, -0.05) is 41.7 Å². The first-order valence-electron chi connectivity index (χ1n) is 6.47. The minimum absolute atomic E-state index is 0.884. The molecule has 2 aromatic rings. The van der Waals surface area contributed by atoms with Crippen molar-refractivity contribution in [3.63, 3.8) is 0 Å². The van der Waals surface area contributed by atoms with Crippen LogP contribution >= 0.6 is 0 Å². The summed E-state index contributed by atoms with van der Waals surface area (Å²) in [7, 11) is 0. The Balaban J connectivity index is 2.61. The highest BCUT2D eigenvalue weighted by molar-refractivity contribution is 5.82. The maximum atomic E-state index is 5.49. The zero-order chi connectivity index (χ0) is 14.5. The summed E-state index contributed by atoms with van der Waals surface area (Å²) < 4.78 is 0. The Morgan fingerprint density at radius 3 is 1.60 bits per heavy atom. The Labute approximate surface area is 121 Å². The van der Waals surface area contributed by atoms with E-state index in [1.807, 2.05) is 36.4 Å². The highest BCUT2D eigenvalue weighted by Gasteiger charge is 2.08. The largest absolute Gasteiger partial charge is 0.115 e. The number of rotatable bonds is 2. The summed E-state index contributed by atoms with van der Waals surface area (Å²) in [5.41, 5.74) is 6.42. The molecule has 2 rings (SSSR count). The molecular weight excluding hydrogens is 240 g/mol. The Kier molecular flexibility index (Phi) is 4.09. The summed E-state index contributed by atoms with van der Waals surface area (Å²) in [4.78, 5) is 0. The molecule has 0 aliphatic carbocycles. The molecule has 0 unspecified atom stereocenters. The predicted octanol–water partition coefficient (Wildman–Crippen LogP) is 4.49. The van der Waals surface area contributed by atoms with Gasteiger partial charge in [0.15, 0.2) is 0 Å². The van der Waals surface area contributed by atoms with Crippen LogP contribution in [0.5, 0.6) is 0 Å². The van der Waals surface area contributed by atoms with E-state index in [4.69, 9.17) is 12.8 Å². The van der Waals surface area contributed by atoms with Gasteiger partial charge in [0.05, 0.1) is 0 Å². The fraction of sp³-hybridized carbons (Fsp3) is 0.100. The van der Waals surface area contributed by atoms with Crippen molar-refractivity contribution in [2.75, 3.05) is 0 Å². The summed E-state index contributed by atoms with van der Waals surface area (Å²) in [5.74, 6) is 5.36. The van der Waals surface area contributed by atoms with E-state index in [1.165, 1.54) is 11.1 Å². The summed E-state index contributed by atoms with van der Waals surface area (Å²) in [6.07, 6.45) is 11.0. The molecular formula is C20H16. The maximum absolute atomic E-state index is 5.49. The van der Waals surface area contributed by atoms with E-state index in [2.05, 4.69) is 37.8 Å². The second-order valence-electron chi connectivity index (χ2n) is 4.83. The van der Waals surface area contributed by atoms with E-state index < -0.39 is 0 Å². The van der Waals surface area contributed by atoms with Crippen molar-refractivity contribution in [1.82, 2.24) is 0 Å². The molecule has 0 aliphatic rings. The van der Waals surface area contributed by atoms with E-state index >= 15 is 0 Å². The van der Waals surface area contributed by atoms with Crippen LogP contribution in [0.15, 0.2) is 54.1 Å². The van der Waals surface area contributed by atoms with Gasteiger partial charge in [0, 0.05) is 11.1 Å². The Morgan fingerprint density at radius 1 is 0.800 bits per heavy atom. The Bertz CT molecular complexity index is 683. The van der Waals surface area contributed by atoms with Gasteiger partial charge in [0.2, 0.25) is 0 Å². The van der Waals surface area contributed by atoms with Gasteiger partial charge in [-0.25, -0.2) is 0 Å². The van der Waals surface area contributed by atoms with Crippen molar-refractivity contribution in [2.24, 2.45) is 0 Å². The molecule has 0 saturated heterocycles. The van der Waals surface area contributed by atoms with E-state index in [1.54, 1.807) is 0 Å². The zero-order valence-corrected chi connectivity index (χ0v) is 11.8. The average molecular weight is 256 g/mol. The van der Waals surface area contributed by atoms with Crippen LogP contribution in [0.2, 0.25) is 0 Å². The first-order chi connectivity index (χ1) is 9.65. The molecule has 0 nitrogen and oxygen atoms in total. The third kappa shape index (κ3) is 2.82. The molecule has 0 aliphatic heterocycles. The van der Waals surface area contributed by atoms with E-state index in [0.717, 1.165) is 22.3 Å². The van der Waals surface area contributed by atoms with Crippen LogP contribution in [0.3, 0.4) is 0 Å². The molecule has 96 valence electrons. The second kappa shape index (κ2) is 5.96. The van der Waals surface area contributed by atoms with Crippen LogP contribution in [0.4, 0.5) is 0 Å². The smallest absolute Gasteiger partial charge is 0.0248 e. The minimum atomic E-state index is 0.884. The van der Waals surface area contributed by atoms with Gasteiger partial charge in [-0.05, 0) is 54.8 Å². The molecule has 0 aromatic heterocycles. The quantitative estimate of drug-likeness (QED) is 0.694. The topological polar surface area (TPSA) is 0 Å². The first kappa shape index (κ1) is 13.7. The lowest BCUT2D eigenvalue weighted by molar-refractivity contribution is 1.37. The van der Waals surface area contributed by atoms with Gasteiger partial charge in [-0.3, -0.25) is 0 Å². The van der Waals surface area contributed by atoms with Crippen LogP contribution in [0, 0.1) is 24.7 Å². The zero-order valence-electron chi connectivity index (χ0n) is 11.8. The average Bonchev–Trinajstić information content (AvgIpc) is 2.47. The maximum Gasteiger partial charge on any atom is 0.0248 e. The van der Waals surface area contributed by atoms with Crippen LogP contribution in [-0.2, 0) is 0 Å². The van der Waals surface area contributed by atoms with Crippen molar-refractivity contribution in [2.45, 2.75) is 13.8 Å². The van der Waals surface area contributed by atoms with Gasteiger partial charge < -0.3 is 0 Å². The third-order valence-corrected chi connectivity index (χ3v) is 3.14. The highest BCUT2D eigenvalue weighted by Crippen LogP contribution is 2.27. The number of hydrogen-bond donors (Lipinski definition) is 0. The number of hydrogen-bond acceptors (Lipinski definition) is 0. The molecule has 0 radical (unpaired) electrons. The van der Waals surface area contributed by atoms with Crippen molar-refractivity contribution in [1.29, 1.82) is 0 Å². The lowest BCUT2D eigenvalue weighted by Gasteiger charge is -2.12. The van der Waals surface area contributed by atoms with Gasteiger partial charge in [0.1, 0.15) is 0 Å². The molecule has 0 heteroatoms. The second-order valence-corrected chi connectivity index (χ2v) is 4.83. The van der Waals surface area contributed by atoms with Crippen LogP contribution in [0.25, 0.3) is 5.57 Å². The summed E-state index contributed by atoms with van der Waals surface area (Å²) >= 11 is 0. The van der Waals surface area contributed by atoms with Crippen LogP contribution in [-0.4, -0.2) is 0 Å². The molecule has 0 saturated carbocycles. The van der Waals surface area contributed by atoms with Gasteiger partial charge in [0.25, 0.3) is 0 Å². The highest BCUT2D eigenvalue weighted by atomic mass is 14.1. The molecule has 0 atom stereocenters. The van der Waals surface area contributed by atoms with Gasteiger partial charge in [-0.15, -0.1) is 12.8 Å². The van der Waals surface area contributed by atoms with Crippen LogP contribution < -0.4 is 0 Å². The standard InChI is InChI=1S/C20H16/c1-5-16-9-7-11-18(13-16)20(15(3)4)19-12-8-10-17(6-2)14-19/h1-2,7-14H,3-4H3. The van der Waals surface area contributed by atoms with Crippen LogP contribution in [0.1, 0.15) is 36.1 Å². The van der Waals surface area contributed by atoms with E-state index in [-0.39, 0.29) is 0 Å². The molecule has 0 amide bonds. The minimum Gasteiger partial charge on any atom is -0.115 e. The third-order valence-electron chi connectivity index (χ3n) is 3.14. The van der Waals surface area contributed by atoms with Gasteiger partial charge in [-0.2, -0.15) is 0 Å². The molecule has 0 bridgehead atoms. The molecule has 0 N–H and O–H groups in total. The van der Waals surface area contributed by atoms with Crippen molar-refractivity contribution in [3.05, 3.63) is 76.4 Å². The van der Waals surface area contributed by atoms with Gasteiger partial charge >= 0.3 is 0 Å². The SMILES string of the molecule is C#Cc1cccc(C(=C(C)C)c2cccc(C#C)c2)c1. The van der Waals surface area contributed by atoms with E-state index in [9.17, 15) is 0 Å². The van der Waals surface area contributed by atoms with Crippen molar-refractivity contribution in [3.8, 4) is 24.7 Å². The number of terminal acetylenes is 2. The number of benzene rings is 2. The predicted molar refractivity (Wildman–Crippen MR) is 86.1 cm³/mol. The lowest BCUT2D eigenvalue weighted by atomic mass is 9.92.